The normalized spacial score (nSPS) is 10.7. The van der Waals surface area contributed by atoms with Crippen LogP contribution in [0.1, 0.15) is 6.42 Å². The van der Waals surface area contributed by atoms with Gasteiger partial charge >= 0.3 is 4.87 Å². The molecular weight excluding hydrogens is 228 g/mol. The molecule has 0 spiro atoms. The molecule has 0 atom stereocenters. The minimum Gasteiger partial charge on any atom is -0.330 e. The first-order valence-electron chi connectivity index (χ1n) is 4.75. The van der Waals surface area contributed by atoms with Crippen LogP contribution in [0.2, 0.25) is 0 Å². The minimum absolute atomic E-state index is 0.104. The number of thiazole rings is 1. The first-order chi connectivity index (χ1) is 7.33. The van der Waals surface area contributed by atoms with Gasteiger partial charge in [-0.2, -0.15) is 0 Å². The predicted octanol–water partition coefficient (Wildman–Crippen LogP) is 1.99. The number of nitrogens with zero attached hydrogens (tertiary/aromatic N) is 1. The van der Waals surface area contributed by atoms with E-state index in [0.29, 0.717) is 13.1 Å². The zero-order chi connectivity index (χ0) is 10.7. The fourth-order valence-corrected chi connectivity index (χ4v) is 3.02. The lowest BCUT2D eigenvalue weighted by Crippen LogP contribution is -2.16. The maximum Gasteiger partial charge on any atom is 0.307 e. The highest BCUT2D eigenvalue weighted by Crippen LogP contribution is 2.24. The molecule has 2 heterocycles. The van der Waals surface area contributed by atoms with Gasteiger partial charge in [-0.1, -0.05) is 17.4 Å². The zero-order valence-corrected chi connectivity index (χ0v) is 9.81. The van der Waals surface area contributed by atoms with E-state index in [0.717, 1.165) is 17.0 Å². The van der Waals surface area contributed by atoms with Crippen molar-refractivity contribution >= 4 is 22.7 Å². The van der Waals surface area contributed by atoms with Crippen molar-refractivity contribution in [3.05, 3.63) is 32.6 Å². The molecule has 0 saturated carbocycles. The van der Waals surface area contributed by atoms with Crippen LogP contribution in [-0.2, 0) is 6.54 Å². The van der Waals surface area contributed by atoms with Crippen LogP contribution >= 0.6 is 22.7 Å². The van der Waals surface area contributed by atoms with Crippen molar-refractivity contribution in [1.82, 2.24) is 4.57 Å². The van der Waals surface area contributed by atoms with Crippen LogP contribution in [-0.4, -0.2) is 11.1 Å². The van der Waals surface area contributed by atoms with Gasteiger partial charge in [-0.15, -0.1) is 11.3 Å². The second kappa shape index (κ2) is 4.74. The van der Waals surface area contributed by atoms with E-state index in [2.05, 4.69) is 0 Å². The van der Waals surface area contributed by atoms with Gasteiger partial charge in [-0.25, -0.2) is 0 Å². The van der Waals surface area contributed by atoms with Gasteiger partial charge in [0.05, 0.1) is 10.6 Å². The second-order valence-corrected chi connectivity index (χ2v) is 4.93. The van der Waals surface area contributed by atoms with Gasteiger partial charge in [0.15, 0.2) is 0 Å². The molecule has 0 fully saturated rings. The van der Waals surface area contributed by atoms with Gasteiger partial charge < -0.3 is 5.73 Å². The fraction of sp³-hybridized carbons (Fsp3) is 0.300. The monoisotopic (exact) mass is 240 g/mol. The predicted molar refractivity (Wildman–Crippen MR) is 65.6 cm³/mol. The lowest BCUT2D eigenvalue weighted by Gasteiger charge is -2.04. The van der Waals surface area contributed by atoms with Crippen LogP contribution in [0.15, 0.2) is 27.7 Å². The highest BCUT2D eigenvalue weighted by Gasteiger charge is 2.08. The summed E-state index contributed by atoms with van der Waals surface area (Å²) < 4.78 is 1.81. The van der Waals surface area contributed by atoms with Gasteiger partial charge in [0.25, 0.3) is 0 Å². The topological polar surface area (TPSA) is 48.0 Å². The summed E-state index contributed by atoms with van der Waals surface area (Å²) in [7, 11) is 0. The molecule has 5 heteroatoms. The standard InChI is InChI=1S/C10H12N2OS2/c11-4-2-5-12-8(7-15-10(12)13)9-3-1-6-14-9/h1,3,6-7H,2,4-5,11H2. The molecule has 0 bridgehead atoms. The van der Waals surface area contributed by atoms with E-state index in [1.807, 2.05) is 27.5 Å². The van der Waals surface area contributed by atoms with Gasteiger partial charge in [0.2, 0.25) is 0 Å². The first kappa shape index (κ1) is 10.6. The molecular formula is C10H12N2OS2. The molecule has 2 aromatic heterocycles. The Morgan fingerprint density at radius 1 is 1.40 bits per heavy atom. The lowest BCUT2D eigenvalue weighted by molar-refractivity contribution is 0.648. The Kier molecular flexibility index (Phi) is 3.35. The third-order valence-corrected chi connectivity index (χ3v) is 3.80. The van der Waals surface area contributed by atoms with Crippen LogP contribution < -0.4 is 10.6 Å². The largest absolute Gasteiger partial charge is 0.330 e. The van der Waals surface area contributed by atoms with Gasteiger partial charge in [0, 0.05) is 11.9 Å². The van der Waals surface area contributed by atoms with Crippen molar-refractivity contribution < 1.29 is 0 Å². The van der Waals surface area contributed by atoms with Gasteiger partial charge in [-0.3, -0.25) is 9.36 Å². The molecule has 2 N–H and O–H groups in total. The summed E-state index contributed by atoms with van der Waals surface area (Å²) >= 11 is 2.91. The third-order valence-electron chi connectivity index (χ3n) is 2.14. The van der Waals surface area contributed by atoms with Crippen LogP contribution in [0.25, 0.3) is 10.6 Å². The third kappa shape index (κ3) is 2.19. The summed E-state index contributed by atoms with van der Waals surface area (Å²) in [5.41, 5.74) is 6.48. The van der Waals surface area contributed by atoms with Crippen molar-refractivity contribution in [2.75, 3.05) is 6.54 Å². The molecule has 2 rings (SSSR count). The highest BCUT2D eigenvalue weighted by molar-refractivity contribution is 7.14. The smallest absolute Gasteiger partial charge is 0.307 e. The van der Waals surface area contributed by atoms with E-state index in [9.17, 15) is 4.79 Å². The molecule has 3 nitrogen and oxygen atoms in total. The molecule has 0 unspecified atom stereocenters. The Bertz CT molecular complexity index is 470. The maximum atomic E-state index is 11.6. The van der Waals surface area contributed by atoms with E-state index in [4.69, 9.17) is 5.73 Å². The highest BCUT2D eigenvalue weighted by atomic mass is 32.1. The van der Waals surface area contributed by atoms with Gasteiger partial charge in [0.1, 0.15) is 0 Å². The second-order valence-electron chi connectivity index (χ2n) is 3.16. The Hall–Kier alpha value is -0.910. The summed E-state index contributed by atoms with van der Waals surface area (Å²) in [4.78, 5) is 12.8. The minimum atomic E-state index is 0.104. The van der Waals surface area contributed by atoms with Crippen molar-refractivity contribution in [3.63, 3.8) is 0 Å². The fourth-order valence-electron chi connectivity index (χ4n) is 1.41. The average molecular weight is 240 g/mol. The van der Waals surface area contributed by atoms with E-state index in [1.165, 1.54) is 11.3 Å². The number of nitrogens with two attached hydrogens (primary N) is 1. The zero-order valence-electron chi connectivity index (χ0n) is 8.18. The van der Waals surface area contributed by atoms with Crippen LogP contribution in [0.5, 0.6) is 0 Å². The van der Waals surface area contributed by atoms with Crippen molar-refractivity contribution in [1.29, 1.82) is 0 Å². The molecule has 15 heavy (non-hydrogen) atoms. The molecule has 0 amide bonds. The van der Waals surface area contributed by atoms with E-state index < -0.39 is 0 Å². The van der Waals surface area contributed by atoms with E-state index in [1.54, 1.807) is 11.3 Å². The molecule has 0 radical (unpaired) electrons. The average Bonchev–Trinajstić information content (AvgIpc) is 2.84. The maximum absolute atomic E-state index is 11.6. The first-order valence-corrected chi connectivity index (χ1v) is 6.51. The molecule has 0 aliphatic heterocycles. The van der Waals surface area contributed by atoms with Crippen molar-refractivity contribution in [3.8, 4) is 10.6 Å². The molecule has 0 saturated heterocycles. The van der Waals surface area contributed by atoms with Gasteiger partial charge in [-0.05, 0) is 24.4 Å². The molecule has 80 valence electrons. The van der Waals surface area contributed by atoms with Crippen LogP contribution in [0, 0.1) is 0 Å². The van der Waals surface area contributed by atoms with E-state index in [-0.39, 0.29) is 4.87 Å². The molecule has 0 aliphatic carbocycles. The number of hydrogen-bond acceptors (Lipinski definition) is 4. The van der Waals surface area contributed by atoms with E-state index >= 15 is 0 Å². The Morgan fingerprint density at radius 3 is 2.93 bits per heavy atom. The summed E-state index contributed by atoms with van der Waals surface area (Å²) in [5, 5.41) is 3.94. The lowest BCUT2D eigenvalue weighted by atomic mass is 10.3. The SMILES string of the molecule is NCCCn1c(-c2cccs2)csc1=O. The Morgan fingerprint density at radius 2 is 2.27 bits per heavy atom. The Balaban J connectivity index is 2.36. The number of aromatic nitrogens is 1. The summed E-state index contributed by atoms with van der Waals surface area (Å²) in [6.45, 7) is 1.33. The number of thiophene rings is 1. The van der Waals surface area contributed by atoms with Crippen LogP contribution in [0.3, 0.4) is 0 Å². The molecule has 0 aliphatic rings. The van der Waals surface area contributed by atoms with Crippen molar-refractivity contribution in [2.24, 2.45) is 5.73 Å². The summed E-state index contributed by atoms with van der Waals surface area (Å²) in [6.07, 6.45) is 0.842. The quantitative estimate of drug-likeness (QED) is 0.888. The molecule has 2 aromatic rings. The van der Waals surface area contributed by atoms with Crippen LogP contribution in [0.4, 0.5) is 0 Å². The Labute approximate surface area is 95.8 Å². The molecule has 0 aromatic carbocycles. The summed E-state index contributed by atoms with van der Waals surface area (Å²) in [6, 6.07) is 4.03. The summed E-state index contributed by atoms with van der Waals surface area (Å²) in [5.74, 6) is 0. The van der Waals surface area contributed by atoms with Crippen molar-refractivity contribution in [2.45, 2.75) is 13.0 Å². The number of hydrogen-bond donors (Lipinski definition) is 1. The number of rotatable bonds is 4.